The molecule has 0 bridgehead atoms. The van der Waals surface area contributed by atoms with E-state index < -0.39 is 89.4 Å². The number of carbonyl (C=O) groups excluding carboxylic acids is 8. The number of hydrogen-bond donors (Lipinski definition) is 13. The van der Waals surface area contributed by atoms with Crippen molar-refractivity contribution in [3.05, 3.63) is 70.8 Å². The van der Waals surface area contributed by atoms with Gasteiger partial charge in [-0.1, -0.05) is 76.9 Å². The molecule has 2 aromatic rings. The van der Waals surface area contributed by atoms with Gasteiger partial charge < -0.3 is 66.3 Å². The topological polar surface area (TPSA) is 390 Å². The van der Waals surface area contributed by atoms with Gasteiger partial charge in [0, 0.05) is 41.5 Å². The van der Waals surface area contributed by atoms with Crippen LogP contribution in [0.25, 0.3) is 0 Å². The molecule has 0 aliphatic carbocycles. The number of carbonyl (C=O) groups is 8. The molecular weight excluding hydrogens is 941 g/mol. The van der Waals surface area contributed by atoms with E-state index in [1.165, 1.54) is 18.7 Å². The van der Waals surface area contributed by atoms with Crippen LogP contribution in [0.5, 0.6) is 0 Å². The van der Waals surface area contributed by atoms with Crippen molar-refractivity contribution < 1.29 is 38.4 Å². The molecule has 0 aromatic heterocycles. The van der Waals surface area contributed by atoms with Crippen LogP contribution in [-0.2, 0) is 40.3 Å². The molecule has 0 aliphatic heterocycles. The van der Waals surface area contributed by atoms with Crippen molar-refractivity contribution in [1.29, 1.82) is 0 Å². The third-order valence-electron chi connectivity index (χ3n) is 11.4. The Hall–Kier alpha value is -6.56. The summed E-state index contributed by atoms with van der Waals surface area (Å²) in [5, 5.41) is 16.2. The Kier molecular flexibility index (Phi) is 26.2. The Bertz CT molecular complexity index is 2170. The van der Waals surface area contributed by atoms with Gasteiger partial charge in [0.25, 0.3) is 11.8 Å². The van der Waals surface area contributed by atoms with Crippen LogP contribution in [-0.4, -0.2) is 114 Å². The highest BCUT2D eigenvalue weighted by atomic mass is 32.2. The zero-order valence-corrected chi connectivity index (χ0v) is 42.2. The second-order valence-corrected chi connectivity index (χ2v) is 18.1. The minimum atomic E-state index is -1.23. The van der Waals surface area contributed by atoms with Crippen LogP contribution in [0, 0.1) is 11.8 Å². The molecule has 0 aliphatic rings. The molecule has 0 unspecified atom stereocenters. The van der Waals surface area contributed by atoms with Gasteiger partial charge >= 0.3 is 0 Å². The Morgan fingerprint density at radius 3 is 1.39 bits per heavy atom. The predicted molar refractivity (Wildman–Crippen MR) is 275 cm³/mol. The van der Waals surface area contributed by atoms with Crippen molar-refractivity contribution in [2.45, 2.75) is 121 Å². The number of aliphatic imine (C=N–C) groups is 2. The molecule has 0 saturated heterocycles. The van der Waals surface area contributed by atoms with E-state index in [9.17, 15) is 38.4 Å². The number of hydrogen-bond acceptors (Lipinski definition) is 12. The molecule has 2 rings (SSSR count). The van der Waals surface area contributed by atoms with E-state index in [1.54, 1.807) is 62.4 Å². The first-order valence-corrected chi connectivity index (χ1v) is 24.8. The monoisotopic (exact) mass is 1010 g/mol. The summed E-state index contributed by atoms with van der Waals surface area (Å²) in [5.41, 5.74) is 34.7. The fourth-order valence-electron chi connectivity index (χ4n) is 6.80. The van der Waals surface area contributed by atoms with Crippen LogP contribution < -0.4 is 66.3 Å². The van der Waals surface area contributed by atoms with Gasteiger partial charge in [0.2, 0.25) is 35.4 Å². The van der Waals surface area contributed by atoms with E-state index in [0.717, 1.165) is 0 Å². The third-order valence-corrected chi connectivity index (χ3v) is 12.8. The highest BCUT2D eigenvalue weighted by molar-refractivity contribution is 7.98. The summed E-state index contributed by atoms with van der Waals surface area (Å²) in [7, 11) is 0. The lowest BCUT2D eigenvalue weighted by atomic mass is 9.96. The Labute approximate surface area is 419 Å². The molecule has 22 nitrogen and oxygen atoms in total. The maximum atomic E-state index is 14.0. The molecule has 0 saturated carbocycles. The zero-order chi connectivity index (χ0) is 52.5. The number of benzene rings is 2. The molecule has 0 spiro atoms. The summed E-state index contributed by atoms with van der Waals surface area (Å²) in [6.07, 6.45) is 1.67. The molecule has 24 heteroatoms. The first kappa shape index (κ1) is 59.6. The molecule has 2 aromatic carbocycles. The summed E-state index contributed by atoms with van der Waals surface area (Å²) >= 11 is 5.51. The number of amides is 8. The average Bonchev–Trinajstić information content (AvgIpc) is 3.32. The second kappa shape index (κ2) is 30.8. The number of nitrogens with two attached hydrogens (primary N) is 6. The predicted octanol–water partition coefficient (Wildman–Crippen LogP) is -0.624. The van der Waals surface area contributed by atoms with Crippen molar-refractivity contribution in [2.24, 2.45) is 56.2 Å². The number of thiol groups is 1. The maximum Gasteiger partial charge on any atom is 0.252 e. The summed E-state index contributed by atoms with van der Waals surface area (Å²) in [6.45, 7) is 8.96. The van der Waals surface area contributed by atoms with Crippen molar-refractivity contribution in [2.75, 3.05) is 18.8 Å². The van der Waals surface area contributed by atoms with Crippen LogP contribution >= 0.6 is 24.4 Å². The quantitative estimate of drug-likeness (QED) is 0.0194. The van der Waals surface area contributed by atoms with Gasteiger partial charge in [0.05, 0.1) is 0 Å². The number of thioether (sulfide) groups is 1. The van der Waals surface area contributed by atoms with Gasteiger partial charge in [-0.3, -0.25) is 48.3 Å². The van der Waals surface area contributed by atoms with E-state index in [1.807, 2.05) is 13.8 Å². The van der Waals surface area contributed by atoms with Crippen molar-refractivity contribution in [1.82, 2.24) is 31.9 Å². The summed E-state index contributed by atoms with van der Waals surface area (Å²) in [6, 6.07) is 6.76. The first-order valence-electron chi connectivity index (χ1n) is 23.0. The molecule has 0 fully saturated rings. The fraction of sp³-hybridized carbons (Fsp3) is 0.522. The molecule has 0 radical (unpaired) electrons. The van der Waals surface area contributed by atoms with E-state index in [0.29, 0.717) is 35.3 Å². The second-order valence-electron chi connectivity index (χ2n) is 16.8. The Morgan fingerprint density at radius 1 is 0.557 bits per heavy atom. The van der Waals surface area contributed by atoms with E-state index in [4.69, 9.17) is 34.4 Å². The van der Waals surface area contributed by atoms with E-state index in [2.05, 4.69) is 54.5 Å². The molecule has 18 N–H and O–H groups in total. The largest absolute Gasteiger partial charge is 0.370 e. The number of primary amides is 2. The first-order chi connectivity index (χ1) is 33.1. The molecule has 70 heavy (non-hydrogen) atoms. The average molecular weight is 1010 g/mol. The Balaban J connectivity index is 2.28. The van der Waals surface area contributed by atoms with Crippen molar-refractivity contribution >= 4 is 83.6 Å². The van der Waals surface area contributed by atoms with Crippen molar-refractivity contribution in [3.63, 3.8) is 0 Å². The molecule has 8 atom stereocenters. The lowest BCUT2D eigenvalue weighted by molar-refractivity contribution is -0.132. The van der Waals surface area contributed by atoms with Crippen LogP contribution in [0.2, 0.25) is 0 Å². The summed E-state index contributed by atoms with van der Waals surface area (Å²) in [5.74, 6) is -6.03. The van der Waals surface area contributed by atoms with E-state index >= 15 is 0 Å². The van der Waals surface area contributed by atoms with Gasteiger partial charge in [0.1, 0.15) is 36.3 Å². The van der Waals surface area contributed by atoms with Gasteiger partial charge in [-0.15, -0.1) is 0 Å². The SMILES string of the molecule is CC[C@H](C)[C@H](NC(=O)c1ccccc1CSC[C@H](NC(=O)[C@H](CCCN=C(N)N)NC(=O)[C@@H](NC(=O)c1ccccc1CS)[C@@H](C)CC)C(N)=O)C(=O)N[C@@H](CCCN=C(N)N)C(=O)N[C@@H](C)C(N)=O. The number of guanidine groups is 2. The normalized spacial score (nSPS) is 14.3. The van der Waals surface area contributed by atoms with Crippen LogP contribution in [0.1, 0.15) is 105 Å². The minimum Gasteiger partial charge on any atom is -0.370 e. The van der Waals surface area contributed by atoms with Gasteiger partial charge in [-0.2, -0.15) is 24.4 Å². The number of nitrogens with zero attached hydrogens (tertiary/aromatic N) is 2. The van der Waals surface area contributed by atoms with Gasteiger partial charge in [-0.25, -0.2) is 0 Å². The van der Waals surface area contributed by atoms with Crippen LogP contribution in [0.4, 0.5) is 0 Å². The van der Waals surface area contributed by atoms with Crippen molar-refractivity contribution in [3.8, 4) is 0 Å². The molecule has 8 amide bonds. The van der Waals surface area contributed by atoms with Crippen LogP contribution in [0.15, 0.2) is 58.5 Å². The lowest BCUT2D eigenvalue weighted by Gasteiger charge is -2.27. The Morgan fingerprint density at radius 2 is 0.971 bits per heavy atom. The summed E-state index contributed by atoms with van der Waals surface area (Å²) in [4.78, 5) is 115. The lowest BCUT2D eigenvalue weighted by Crippen LogP contribution is -2.58. The highest BCUT2D eigenvalue weighted by Crippen LogP contribution is 2.20. The van der Waals surface area contributed by atoms with Crippen LogP contribution in [0.3, 0.4) is 0 Å². The van der Waals surface area contributed by atoms with Gasteiger partial charge in [-0.05, 0) is 67.7 Å². The van der Waals surface area contributed by atoms with E-state index in [-0.39, 0.29) is 73.7 Å². The highest BCUT2D eigenvalue weighted by Gasteiger charge is 2.33. The smallest absolute Gasteiger partial charge is 0.252 e. The summed E-state index contributed by atoms with van der Waals surface area (Å²) < 4.78 is 0. The van der Waals surface area contributed by atoms with Gasteiger partial charge in [0.15, 0.2) is 11.9 Å². The minimum absolute atomic E-state index is 0.0410. The standard InChI is InChI=1S/C46H72N14O8S2/c1-6-25(3)35(59-39(63)30-16-10-8-14-28(30)22-69)44(68)57-33(19-13-21-54-46(51)52)42(66)58-34(38(48)62)24-70-23-29-15-9-11-17-31(29)40(64)60-36(26(4)7-2)43(67)56-32(18-12-20-53-45(49)50)41(65)55-27(5)37(47)61/h8-11,14-17,25-27,32-36,69H,6-7,12-13,18-24H2,1-5H3,(H2,47,61)(H2,48,62)(H,55,65)(H,56,67)(H,57,68)(H,58,66)(H,59,63)(H,60,64)(H4,49,50,53)(H4,51,52,54)/t25-,26-,27-,32-,33-,34-,35-,36-/m0/s1. The number of nitrogens with one attached hydrogen (secondary N) is 6. The maximum absolute atomic E-state index is 14.0. The molecular formula is C46H72N14O8S2. The molecule has 386 valence electrons. The molecule has 0 heterocycles. The third kappa shape index (κ3) is 20.2. The fourth-order valence-corrected chi connectivity index (χ4v) is 8.14. The zero-order valence-electron chi connectivity index (χ0n) is 40.5. The number of rotatable bonds is 31.